The van der Waals surface area contributed by atoms with Gasteiger partial charge < -0.3 is 14.4 Å². The van der Waals surface area contributed by atoms with Gasteiger partial charge in [-0.1, -0.05) is 18.7 Å². The van der Waals surface area contributed by atoms with Crippen molar-refractivity contribution >= 4 is 16.8 Å². The van der Waals surface area contributed by atoms with Crippen molar-refractivity contribution in [1.82, 2.24) is 20.1 Å². The van der Waals surface area contributed by atoms with E-state index in [1.165, 1.54) is 0 Å². The molecule has 6 nitrogen and oxygen atoms in total. The highest BCUT2D eigenvalue weighted by atomic mass is 16.1. The molecule has 0 saturated carbocycles. The average Bonchev–Trinajstić information content (AvgIpc) is 3.25. The van der Waals surface area contributed by atoms with Crippen molar-refractivity contribution in [2.24, 2.45) is 7.05 Å². The Kier molecular flexibility index (Phi) is 5.01. The predicted molar refractivity (Wildman–Crippen MR) is 109 cm³/mol. The number of rotatable bonds is 6. The number of nitrogens with one attached hydrogen (secondary N) is 2. The van der Waals surface area contributed by atoms with Crippen LogP contribution in [0.4, 0.5) is 0 Å². The number of nitrogens with zero attached hydrogens (tertiary/aromatic N) is 3. The average molecular weight is 364 g/mol. The first-order valence-corrected chi connectivity index (χ1v) is 8.79. The summed E-state index contributed by atoms with van der Waals surface area (Å²) in [4.78, 5) is 12.6. The summed E-state index contributed by atoms with van der Waals surface area (Å²) >= 11 is 0. The lowest BCUT2D eigenvalue weighted by Gasteiger charge is -2.17. The molecule has 27 heavy (non-hydrogen) atoms. The van der Waals surface area contributed by atoms with Crippen LogP contribution in [0.1, 0.15) is 10.5 Å². The molecule has 0 unspecified atom stereocenters. The third-order valence-corrected chi connectivity index (χ3v) is 4.34. The van der Waals surface area contributed by atoms with Crippen molar-refractivity contribution in [3.63, 3.8) is 0 Å². The van der Waals surface area contributed by atoms with E-state index in [-0.39, 0.29) is 5.91 Å². The van der Waals surface area contributed by atoms with Gasteiger partial charge in [0.05, 0.1) is 33.5 Å². The number of carbonyl (C=O) groups is 1. The molecule has 0 atom stereocenters. The first-order valence-electron chi connectivity index (χ1n) is 8.79. The molecule has 2 N–H and O–H groups in total. The fraction of sp³-hybridized carbons (Fsp3) is 0.238. The van der Waals surface area contributed by atoms with Crippen LogP contribution >= 0.6 is 0 Å². The highest BCUT2D eigenvalue weighted by Crippen LogP contribution is 2.25. The fourth-order valence-corrected chi connectivity index (χ4v) is 2.81. The van der Waals surface area contributed by atoms with E-state index in [1.54, 1.807) is 6.20 Å². The van der Waals surface area contributed by atoms with Crippen LogP contribution in [0.2, 0.25) is 0 Å². The molecule has 2 heterocycles. The molecule has 0 saturated heterocycles. The highest BCUT2D eigenvalue weighted by Gasteiger charge is 2.14. The number of H-pyrrole nitrogens is 1. The third kappa shape index (κ3) is 4.35. The van der Waals surface area contributed by atoms with E-state index in [9.17, 15) is 4.79 Å². The number of carbonyl (C=O) groups excluding carboxylic acids is 1. The van der Waals surface area contributed by atoms with Gasteiger partial charge in [0.1, 0.15) is 5.69 Å². The summed E-state index contributed by atoms with van der Waals surface area (Å²) in [5.74, 6) is -0.113. The van der Waals surface area contributed by atoms with Crippen LogP contribution in [0.3, 0.4) is 0 Å². The minimum atomic E-state index is -0.113. The molecule has 0 aliphatic carbocycles. The van der Waals surface area contributed by atoms with E-state index < -0.39 is 0 Å². The van der Waals surface area contributed by atoms with Gasteiger partial charge >= 0.3 is 0 Å². The van der Waals surface area contributed by atoms with E-state index in [0.717, 1.165) is 27.6 Å². The molecule has 3 rings (SSSR count). The van der Waals surface area contributed by atoms with E-state index in [4.69, 9.17) is 0 Å². The number of amides is 1. The van der Waals surface area contributed by atoms with E-state index >= 15 is 0 Å². The Morgan fingerprint density at radius 2 is 2.07 bits per heavy atom. The summed E-state index contributed by atoms with van der Waals surface area (Å²) < 4.78 is 2.62. The van der Waals surface area contributed by atoms with Gasteiger partial charge in [0.2, 0.25) is 0 Å². The Balaban J connectivity index is 1.76. The van der Waals surface area contributed by atoms with Crippen molar-refractivity contribution in [2.75, 3.05) is 27.7 Å². The molecule has 2 aromatic heterocycles. The van der Waals surface area contributed by atoms with Crippen molar-refractivity contribution in [3.8, 4) is 11.1 Å². The van der Waals surface area contributed by atoms with Crippen LogP contribution in [-0.4, -0.2) is 52.8 Å². The van der Waals surface area contributed by atoms with Crippen molar-refractivity contribution in [2.45, 2.75) is 0 Å². The van der Waals surface area contributed by atoms with Gasteiger partial charge in [-0.05, 0) is 29.3 Å². The molecule has 0 radical (unpaired) electrons. The summed E-state index contributed by atoms with van der Waals surface area (Å²) in [6, 6.07) is 8.04. The molecule has 1 amide bonds. The normalized spacial score (nSPS) is 12.0. The SMILES string of the molecule is C=C(/C=C\[N+](C)(C)C)CNC(=O)c1cc2ccc(-c3cn[nH]c3)cc2n1C. The Labute approximate surface area is 159 Å². The monoisotopic (exact) mass is 364 g/mol. The van der Waals surface area contributed by atoms with Gasteiger partial charge in [-0.25, -0.2) is 0 Å². The van der Waals surface area contributed by atoms with Crippen LogP contribution in [0.25, 0.3) is 22.0 Å². The lowest BCUT2D eigenvalue weighted by atomic mass is 10.1. The Morgan fingerprint density at radius 1 is 1.30 bits per heavy atom. The zero-order valence-electron chi connectivity index (χ0n) is 16.3. The van der Waals surface area contributed by atoms with Gasteiger partial charge in [-0.15, -0.1) is 0 Å². The maximum atomic E-state index is 12.6. The summed E-state index contributed by atoms with van der Waals surface area (Å²) in [5.41, 5.74) is 4.56. The van der Waals surface area contributed by atoms with Crippen molar-refractivity contribution in [3.05, 3.63) is 66.8 Å². The summed E-state index contributed by atoms with van der Waals surface area (Å²) in [6.07, 6.45) is 7.61. The zero-order chi connectivity index (χ0) is 19.6. The smallest absolute Gasteiger partial charge is 0.268 e. The van der Waals surface area contributed by atoms with E-state index in [1.807, 2.05) is 48.3 Å². The topological polar surface area (TPSA) is 62.7 Å². The molecule has 6 heteroatoms. The van der Waals surface area contributed by atoms with Gasteiger partial charge in [0.15, 0.2) is 0 Å². The number of quaternary nitrogens is 1. The van der Waals surface area contributed by atoms with Crippen LogP contribution < -0.4 is 5.32 Å². The fourth-order valence-electron chi connectivity index (χ4n) is 2.81. The molecule has 0 aliphatic heterocycles. The summed E-state index contributed by atoms with van der Waals surface area (Å²) in [7, 11) is 8.10. The van der Waals surface area contributed by atoms with Crippen LogP contribution in [0, 0.1) is 0 Å². The predicted octanol–water partition coefficient (Wildman–Crippen LogP) is 3.07. The maximum Gasteiger partial charge on any atom is 0.268 e. The molecule has 140 valence electrons. The van der Waals surface area contributed by atoms with Gasteiger partial charge in [0, 0.05) is 36.3 Å². The number of aromatic amines is 1. The summed E-state index contributed by atoms with van der Waals surface area (Å²) in [5, 5.41) is 10.8. The lowest BCUT2D eigenvalue weighted by molar-refractivity contribution is -0.817. The molecule has 1 aromatic carbocycles. The first kappa shape index (κ1) is 18.7. The van der Waals surface area contributed by atoms with Gasteiger partial charge in [-0.3, -0.25) is 9.89 Å². The number of fused-ring (bicyclic) bond motifs is 1. The van der Waals surface area contributed by atoms with E-state index in [2.05, 4.69) is 49.3 Å². The molecule has 0 fully saturated rings. The molecule has 0 aliphatic rings. The van der Waals surface area contributed by atoms with Crippen LogP contribution in [0.15, 0.2) is 61.1 Å². The minimum Gasteiger partial charge on any atom is -0.347 e. The molecular weight excluding hydrogens is 338 g/mol. The van der Waals surface area contributed by atoms with Gasteiger partial charge in [-0.2, -0.15) is 5.10 Å². The molecule has 3 aromatic rings. The van der Waals surface area contributed by atoms with Crippen LogP contribution in [0.5, 0.6) is 0 Å². The molecular formula is C21H26N5O+. The Morgan fingerprint density at radius 3 is 2.74 bits per heavy atom. The minimum absolute atomic E-state index is 0.113. The number of hydrogen-bond acceptors (Lipinski definition) is 2. The maximum absolute atomic E-state index is 12.6. The first-order chi connectivity index (χ1) is 12.7. The zero-order valence-corrected chi connectivity index (χ0v) is 16.3. The Hall–Kier alpha value is -3.12. The van der Waals surface area contributed by atoms with Crippen molar-refractivity contribution < 1.29 is 9.28 Å². The number of aromatic nitrogens is 3. The second-order valence-corrected chi connectivity index (χ2v) is 7.62. The highest BCUT2D eigenvalue weighted by molar-refractivity contribution is 5.99. The lowest BCUT2D eigenvalue weighted by Crippen LogP contribution is -2.28. The number of aryl methyl sites for hydroxylation is 1. The van der Waals surface area contributed by atoms with Crippen molar-refractivity contribution in [1.29, 1.82) is 0 Å². The molecule has 0 spiro atoms. The summed E-state index contributed by atoms with van der Waals surface area (Å²) in [6.45, 7) is 4.42. The van der Waals surface area contributed by atoms with Crippen LogP contribution in [-0.2, 0) is 7.05 Å². The largest absolute Gasteiger partial charge is 0.347 e. The van der Waals surface area contributed by atoms with E-state index in [0.29, 0.717) is 16.7 Å². The second-order valence-electron chi connectivity index (χ2n) is 7.62. The second kappa shape index (κ2) is 7.25. The Bertz CT molecular complexity index is 1000. The molecule has 0 bridgehead atoms. The van der Waals surface area contributed by atoms with Gasteiger partial charge in [0.25, 0.3) is 5.91 Å². The quantitative estimate of drug-likeness (QED) is 0.522. The number of benzene rings is 1. The third-order valence-electron chi connectivity index (χ3n) is 4.34. The standard InChI is InChI=1S/C21H25N5O/c1-15(8-9-26(3,4)5)12-22-21(27)20-11-17-7-6-16(10-19(17)25(20)2)18-13-23-24-14-18/h6-11,13-14H,1,12H2,2-5H3,(H-,22,23,24,27)/p+1/b9-8-. The number of hydrogen-bond donors (Lipinski definition) is 2.